The van der Waals surface area contributed by atoms with Crippen molar-refractivity contribution in [2.75, 3.05) is 0 Å². The van der Waals surface area contributed by atoms with Crippen LogP contribution in [0.25, 0.3) is 0 Å². The van der Waals surface area contributed by atoms with Crippen molar-refractivity contribution in [1.29, 1.82) is 0 Å². The van der Waals surface area contributed by atoms with E-state index < -0.39 is 27.2 Å². The normalized spacial score (nSPS) is 11.4. The SMILES string of the molecule is O=C(Cc1cc(S(=O)(=O)c2ccc(F)cc2)c[nH]1)C(=O)c1nn[nH]n1. The van der Waals surface area contributed by atoms with E-state index in [0.717, 1.165) is 24.3 Å². The van der Waals surface area contributed by atoms with Crippen LogP contribution in [0.15, 0.2) is 46.3 Å². The van der Waals surface area contributed by atoms with Crippen LogP contribution in [0.4, 0.5) is 4.39 Å². The Morgan fingerprint density at radius 3 is 2.48 bits per heavy atom. The highest BCUT2D eigenvalue weighted by Gasteiger charge is 2.23. The van der Waals surface area contributed by atoms with Gasteiger partial charge in [0.1, 0.15) is 5.82 Å². The van der Waals surface area contributed by atoms with E-state index >= 15 is 0 Å². The number of tetrazole rings is 1. The van der Waals surface area contributed by atoms with E-state index in [0.29, 0.717) is 0 Å². The van der Waals surface area contributed by atoms with Gasteiger partial charge in [-0.3, -0.25) is 9.59 Å². The van der Waals surface area contributed by atoms with Gasteiger partial charge in [0.15, 0.2) is 0 Å². The van der Waals surface area contributed by atoms with E-state index in [2.05, 4.69) is 25.6 Å². The van der Waals surface area contributed by atoms with Crippen molar-refractivity contribution in [1.82, 2.24) is 25.6 Å². The molecular formula is C14H10FN5O4S. The zero-order valence-corrected chi connectivity index (χ0v) is 13.2. The Bertz CT molecular complexity index is 1030. The molecule has 128 valence electrons. The van der Waals surface area contributed by atoms with E-state index in [-0.39, 0.29) is 27.7 Å². The van der Waals surface area contributed by atoms with Gasteiger partial charge >= 0.3 is 0 Å². The Morgan fingerprint density at radius 2 is 1.84 bits per heavy atom. The van der Waals surface area contributed by atoms with Gasteiger partial charge in [0.05, 0.1) is 16.2 Å². The first kappa shape index (κ1) is 16.6. The van der Waals surface area contributed by atoms with Crippen LogP contribution in [0.1, 0.15) is 16.3 Å². The van der Waals surface area contributed by atoms with Crippen LogP contribution in [0.3, 0.4) is 0 Å². The zero-order chi connectivity index (χ0) is 18.0. The molecule has 0 radical (unpaired) electrons. The van der Waals surface area contributed by atoms with Gasteiger partial charge in [-0.2, -0.15) is 5.21 Å². The van der Waals surface area contributed by atoms with Gasteiger partial charge in [0, 0.05) is 11.9 Å². The van der Waals surface area contributed by atoms with Crippen molar-refractivity contribution in [3.05, 3.63) is 53.9 Å². The minimum absolute atomic E-state index is 0.0892. The second-order valence-corrected chi connectivity index (χ2v) is 6.93. The molecule has 0 saturated carbocycles. The molecule has 0 amide bonds. The predicted octanol–water partition coefficient (Wildman–Crippen LogP) is 0.494. The summed E-state index contributed by atoms with van der Waals surface area (Å²) in [5.74, 6) is -2.68. The van der Waals surface area contributed by atoms with Crippen molar-refractivity contribution in [3.63, 3.8) is 0 Å². The molecular weight excluding hydrogens is 353 g/mol. The Hall–Kier alpha value is -3.21. The minimum atomic E-state index is -3.87. The first-order valence-electron chi connectivity index (χ1n) is 6.87. The lowest BCUT2D eigenvalue weighted by atomic mass is 10.1. The van der Waals surface area contributed by atoms with Gasteiger partial charge < -0.3 is 4.98 Å². The molecule has 0 unspecified atom stereocenters. The standard InChI is InChI=1S/C14H10FN5O4S/c15-8-1-3-10(4-2-8)25(23,24)11-5-9(16-7-11)6-12(21)13(22)14-17-19-20-18-14/h1-5,7,16H,6H2,(H,17,18,19,20). The number of carbonyl (C=O) groups excluding carboxylic acids is 2. The Kier molecular flexibility index (Phi) is 4.23. The van der Waals surface area contributed by atoms with E-state index in [1.165, 1.54) is 12.3 Å². The minimum Gasteiger partial charge on any atom is -0.363 e. The van der Waals surface area contributed by atoms with E-state index in [1.54, 1.807) is 0 Å². The van der Waals surface area contributed by atoms with Crippen LogP contribution < -0.4 is 0 Å². The topological polar surface area (TPSA) is 139 Å². The molecule has 2 heterocycles. The summed E-state index contributed by atoms with van der Waals surface area (Å²) in [5.41, 5.74) is 0.225. The fraction of sp³-hybridized carbons (Fsp3) is 0.0714. The van der Waals surface area contributed by atoms with E-state index in [1.807, 2.05) is 0 Å². The molecule has 3 rings (SSSR count). The summed E-state index contributed by atoms with van der Waals surface area (Å²) in [7, 11) is -3.87. The maximum absolute atomic E-state index is 12.9. The first-order valence-corrected chi connectivity index (χ1v) is 8.35. The predicted molar refractivity (Wildman–Crippen MR) is 79.9 cm³/mol. The first-order chi connectivity index (χ1) is 11.9. The Morgan fingerprint density at radius 1 is 1.12 bits per heavy atom. The fourth-order valence-electron chi connectivity index (χ4n) is 2.06. The molecule has 0 aliphatic rings. The summed E-state index contributed by atoms with van der Waals surface area (Å²) in [6.07, 6.45) is 0.840. The molecule has 0 spiro atoms. The van der Waals surface area contributed by atoms with Crippen LogP contribution in [0, 0.1) is 5.82 Å². The largest absolute Gasteiger partial charge is 0.363 e. The number of H-pyrrole nitrogens is 2. The number of rotatable bonds is 6. The highest BCUT2D eigenvalue weighted by Crippen LogP contribution is 2.22. The Balaban J connectivity index is 1.79. The van der Waals surface area contributed by atoms with Gasteiger partial charge in [-0.15, -0.1) is 10.2 Å². The average Bonchev–Trinajstić information content (AvgIpc) is 3.26. The molecule has 2 aromatic heterocycles. The lowest BCUT2D eigenvalue weighted by Gasteiger charge is -2.01. The maximum atomic E-state index is 12.9. The number of hydrogen-bond donors (Lipinski definition) is 2. The fourth-order valence-corrected chi connectivity index (χ4v) is 3.34. The number of Topliss-reactive ketones (excluding diaryl/α,β-unsaturated/α-hetero) is 2. The number of hydrogen-bond acceptors (Lipinski definition) is 7. The van der Waals surface area contributed by atoms with Crippen LogP contribution in [-0.4, -0.2) is 45.6 Å². The van der Waals surface area contributed by atoms with Gasteiger partial charge in [-0.05, 0) is 35.5 Å². The molecule has 25 heavy (non-hydrogen) atoms. The van der Waals surface area contributed by atoms with Gasteiger partial charge in [-0.25, -0.2) is 12.8 Å². The number of halogens is 1. The second-order valence-electron chi connectivity index (χ2n) is 4.98. The maximum Gasteiger partial charge on any atom is 0.269 e. The zero-order valence-electron chi connectivity index (χ0n) is 12.4. The monoisotopic (exact) mass is 363 g/mol. The quantitative estimate of drug-likeness (QED) is 0.369. The highest BCUT2D eigenvalue weighted by atomic mass is 32.2. The molecule has 9 nitrogen and oxygen atoms in total. The molecule has 1 aromatic carbocycles. The third-order valence-electron chi connectivity index (χ3n) is 3.30. The van der Waals surface area contributed by atoms with Crippen LogP contribution in [0.2, 0.25) is 0 Å². The van der Waals surface area contributed by atoms with Gasteiger partial charge in [0.2, 0.25) is 21.4 Å². The van der Waals surface area contributed by atoms with E-state index in [4.69, 9.17) is 0 Å². The lowest BCUT2D eigenvalue weighted by Crippen LogP contribution is -2.18. The molecule has 0 saturated heterocycles. The van der Waals surface area contributed by atoms with Crippen LogP contribution >= 0.6 is 0 Å². The second kappa shape index (κ2) is 6.36. The summed E-state index contributed by atoms with van der Waals surface area (Å²) in [4.78, 5) is 26.1. The number of nitrogens with one attached hydrogen (secondary N) is 2. The molecule has 0 fully saturated rings. The number of sulfone groups is 1. The molecule has 11 heteroatoms. The molecule has 0 bridgehead atoms. The number of aromatic nitrogens is 5. The summed E-state index contributed by atoms with van der Waals surface area (Å²) in [6.45, 7) is 0. The molecule has 2 N–H and O–H groups in total. The summed E-state index contributed by atoms with van der Waals surface area (Å²) >= 11 is 0. The van der Waals surface area contributed by atoms with Crippen LogP contribution in [-0.2, 0) is 21.1 Å². The summed E-state index contributed by atoms with van der Waals surface area (Å²) in [6, 6.07) is 5.59. The summed E-state index contributed by atoms with van der Waals surface area (Å²) < 4.78 is 37.8. The van der Waals surface area contributed by atoms with Crippen molar-refractivity contribution in [2.45, 2.75) is 16.2 Å². The third kappa shape index (κ3) is 3.35. The molecule has 0 aliphatic carbocycles. The third-order valence-corrected chi connectivity index (χ3v) is 5.05. The molecule has 0 aliphatic heterocycles. The van der Waals surface area contributed by atoms with Crippen molar-refractivity contribution in [3.8, 4) is 0 Å². The number of nitrogens with zero attached hydrogens (tertiary/aromatic N) is 3. The lowest BCUT2D eigenvalue weighted by molar-refractivity contribution is -0.114. The molecule has 0 atom stereocenters. The van der Waals surface area contributed by atoms with Gasteiger partial charge in [-0.1, -0.05) is 0 Å². The van der Waals surface area contributed by atoms with Crippen molar-refractivity contribution in [2.24, 2.45) is 0 Å². The van der Waals surface area contributed by atoms with Crippen LogP contribution in [0.5, 0.6) is 0 Å². The number of ketones is 2. The average molecular weight is 363 g/mol. The number of carbonyl (C=O) groups is 2. The summed E-state index contributed by atoms with van der Waals surface area (Å²) in [5, 5.41) is 12.1. The smallest absolute Gasteiger partial charge is 0.269 e. The Labute approximate surface area is 140 Å². The highest BCUT2D eigenvalue weighted by molar-refractivity contribution is 7.91. The van der Waals surface area contributed by atoms with Crippen molar-refractivity contribution < 1.29 is 22.4 Å². The van der Waals surface area contributed by atoms with Gasteiger partial charge in [0.25, 0.3) is 5.78 Å². The van der Waals surface area contributed by atoms with E-state index in [9.17, 15) is 22.4 Å². The number of aromatic amines is 2. The van der Waals surface area contributed by atoms with Crippen molar-refractivity contribution >= 4 is 21.4 Å². The number of benzene rings is 1. The molecule has 3 aromatic rings.